The van der Waals surface area contributed by atoms with Crippen LogP contribution in [0.3, 0.4) is 0 Å². The highest BCUT2D eigenvalue weighted by Crippen LogP contribution is 2.18. The molecule has 2 aromatic heterocycles. The number of aliphatic imine (C=N–C) groups is 1. The fourth-order valence-electron chi connectivity index (χ4n) is 2.45. The van der Waals surface area contributed by atoms with Gasteiger partial charge in [-0.25, -0.2) is 0 Å². The van der Waals surface area contributed by atoms with Crippen molar-refractivity contribution in [1.82, 2.24) is 20.0 Å². The predicted octanol–water partition coefficient (Wildman–Crippen LogP) is 2.81. The summed E-state index contributed by atoms with van der Waals surface area (Å²) in [5.41, 5.74) is 3.69. The molecule has 1 N–H and O–H groups in total. The summed E-state index contributed by atoms with van der Waals surface area (Å²) in [4.78, 5) is 6.51. The predicted molar refractivity (Wildman–Crippen MR) is 93.3 cm³/mol. The van der Waals surface area contributed by atoms with Gasteiger partial charge < -0.3 is 10.2 Å². The van der Waals surface area contributed by atoms with Crippen molar-refractivity contribution in [1.29, 1.82) is 0 Å². The van der Waals surface area contributed by atoms with Crippen LogP contribution in [0.2, 0.25) is 0 Å². The van der Waals surface area contributed by atoms with Gasteiger partial charge in [0.1, 0.15) is 0 Å². The summed E-state index contributed by atoms with van der Waals surface area (Å²) in [6, 6.07) is 2.13. The van der Waals surface area contributed by atoms with Crippen LogP contribution in [0, 0.1) is 0 Å². The van der Waals surface area contributed by atoms with E-state index in [9.17, 15) is 0 Å². The number of nitrogens with one attached hydrogen (secondary N) is 1. The summed E-state index contributed by atoms with van der Waals surface area (Å²) in [6.45, 7) is 5.94. The maximum atomic E-state index is 4.57. The Hall–Kier alpha value is -1.82. The zero-order valence-electron chi connectivity index (χ0n) is 14.0. The molecule has 0 saturated carbocycles. The SMILES string of the molecule is CN=C(NCc1ccsc1)N(C)Cc1cn(C)nc1C(C)C. The van der Waals surface area contributed by atoms with E-state index in [1.807, 2.05) is 18.8 Å². The van der Waals surface area contributed by atoms with E-state index in [-0.39, 0.29) is 0 Å². The topological polar surface area (TPSA) is 45.5 Å². The fourth-order valence-corrected chi connectivity index (χ4v) is 3.12. The largest absolute Gasteiger partial charge is 0.352 e. The summed E-state index contributed by atoms with van der Waals surface area (Å²) < 4.78 is 1.89. The molecule has 0 radical (unpaired) electrons. The molecule has 0 bridgehead atoms. The van der Waals surface area contributed by atoms with Crippen LogP contribution < -0.4 is 5.32 Å². The summed E-state index contributed by atoms with van der Waals surface area (Å²) >= 11 is 1.71. The van der Waals surface area contributed by atoms with Gasteiger partial charge in [0.15, 0.2) is 5.96 Å². The van der Waals surface area contributed by atoms with E-state index in [1.54, 1.807) is 11.3 Å². The Morgan fingerprint density at radius 2 is 2.27 bits per heavy atom. The van der Waals surface area contributed by atoms with Gasteiger partial charge in [0.25, 0.3) is 0 Å². The number of hydrogen-bond donors (Lipinski definition) is 1. The molecular weight excluding hydrogens is 294 g/mol. The van der Waals surface area contributed by atoms with Crippen molar-refractivity contribution in [2.45, 2.75) is 32.9 Å². The lowest BCUT2D eigenvalue weighted by Gasteiger charge is -2.22. The van der Waals surface area contributed by atoms with Crippen LogP contribution in [0.15, 0.2) is 28.0 Å². The van der Waals surface area contributed by atoms with Crippen LogP contribution in [0.1, 0.15) is 36.6 Å². The van der Waals surface area contributed by atoms with Crippen molar-refractivity contribution in [3.63, 3.8) is 0 Å². The van der Waals surface area contributed by atoms with Crippen LogP contribution >= 0.6 is 11.3 Å². The number of rotatable bonds is 5. The Morgan fingerprint density at radius 3 is 2.86 bits per heavy atom. The van der Waals surface area contributed by atoms with E-state index in [1.165, 1.54) is 11.1 Å². The first kappa shape index (κ1) is 16.5. The molecule has 0 amide bonds. The highest BCUT2D eigenvalue weighted by Gasteiger charge is 2.15. The monoisotopic (exact) mass is 319 g/mol. The molecule has 0 unspecified atom stereocenters. The zero-order valence-corrected chi connectivity index (χ0v) is 14.8. The Labute approximate surface area is 136 Å². The van der Waals surface area contributed by atoms with Crippen LogP contribution in [0.4, 0.5) is 0 Å². The van der Waals surface area contributed by atoms with Gasteiger partial charge in [0.05, 0.1) is 5.69 Å². The molecule has 0 aliphatic heterocycles. The molecule has 2 heterocycles. The first-order valence-corrected chi connectivity index (χ1v) is 8.40. The average Bonchev–Trinajstić information content (AvgIpc) is 3.09. The lowest BCUT2D eigenvalue weighted by atomic mass is 10.1. The van der Waals surface area contributed by atoms with Crippen molar-refractivity contribution in [2.24, 2.45) is 12.0 Å². The number of guanidine groups is 1. The minimum atomic E-state index is 0.422. The third kappa shape index (κ3) is 4.10. The maximum Gasteiger partial charge on any atom is 0.193 e. The summed E-state index contributed by atoms with van der Waals surface area (Å²) in [5.74, 6) is 1.31. The van der Waals surface area contributed by atoms with E-state index in [0.717, 1.165) is 24.7 Å². The lowest BCUT2D eigenvalue weighted by Crippen LogP contribution is -2.38. The van der Waals surface area contributed by atoms with Gasteiger partial charge >= 0.3 is 0 Å². The smallest absolute Gasteiger partial charge is 0.193 e. The first-order valence-electron chi connectivity index (χ1n) is 7.46. The van der Waals surface area contributed by atoms with E-state index >= 15 is 0 Å². The highest BCUT2D eigenvalue weighted by atomic mass is 32.1. The maximum absolute atomic E-state index is 4.57. The van der Waals surface area contributed by atoms with E-state index in [0.29, 0.717) is 5.92 Å². The molecule has 0 aliphatic carbocycles. The molecule has 2 rings (SSSR count). The minimum absolute atomic E-state index is 0.422. The number of aryl methyl sites for hydroxylation is 1. The summed E-state index contributed by atoms with van der Waals surface area (Å²) in [6.07, 6.45) is 2.10. The van der Waals surface area contributed by atoms with Gasteiger partial charge in [-0.1, -0.05) is 13.8 Å². The Morgan fingerprint density at radius 1 is 1.50 bits per heavy atom. The molecule has 0 aliphatic rings. The molecule has 2 aromatic rings. The van der Waals surface area contributed by atoms with Crippen LogP contribution in [-0.4, -0.2) is 34.7 Å². The normalized spacial score (nSPS) is 12.0. The average molecular weight is 319 g/mol. The third-order valence-corrected chi connectivity index (χ3v) is 4.23. The number of thiophene rings is 1. The van der Waals surface area contributed by atoms with Gasteiger partial charge in [-0.15, -0.1) is 0 Å². The Bertz CT molecular complexity index is 613. The second-order valence-electron chi connectivity index (χ2n) is 5.76. The van der Waals surface area contributed by atoms with Gasteiger partial charge in [0, 0.05) is 46.0 Å². The van der Waals surface area contributed by atoms with Crippen molar-refractivity contribution in [3.05, 3.63) is 39.8 Å². The zero-order chi connectivity index (χ0) is 16.1. The standard InChI is InChI=1S/C16H25N5S/c1-12(2)15-14(10-21(5)19-15)9-20(4)16(17-3)18-8-13-6-7-22-11-13/h6-7,10-12H,8-9H2,1-5H3,(H,17,18). The highest BCUT2D eigenvalue weighted by molar-refractivity contribution is 7.07. The second kappa shape index (κ2) is 7.45. The van der Waals surface area contributed by atoms with Crippen LogP contribution in [0.5, 0.6) is 0 Å². The van der Waals surface area contributed by atoms with Crippen LogP contribution in [0.25, 0.3) is 0 Å². The summed E-state index contributed by atoms with van der Waals surface area (Å²) in [7, 11) is 5.85. The first-order chi connectivity index (χ1) is 10.5. The molecule has 0 fully saturated rings. The molecular formula is C16H25N5S. The second-order valence-corrected chi connectivity index (χ2v) is 6.54. The van der Waals surface area contributed by atoms with Gasteiger partial charge in [-0.05, 0) is 28.3 Å². The number of nitrogens with zero attached hydrogens (tertiary/aromatic N) is 4. The Balaban J connectivity index is 2.01. The number of hydrogen-bond acceptors (Lipinski definition) is 3. The third-order valence-electron chi connectivity index (χ3n) is 3.50. The van der Waals surface area contributed by atoms with Gasteiger partial charge in [0.2, 0.25) is 0 Å². The molecule has 0 aromatic carbocycles. The van der Waals surface area contributed by atoms with Gasteiger partial charge in [-0.2, -0.15) is 16.4 Å². The molecule has 120 valence electrons. The number of aromatic nitrogens is 2. The van der Waals surface area contributed by atoms with E-state index in [2.05, 4.69) is 64.2 Å². The van der Waals surface area contributed by atoms with Crippen molar-refractivity contribution >= 4 is 17.3 Å². The summed E-state index contributed by atoms with van der Waals surface area (Å²) in [5, 5.41) is 12.2. The Kier molecular flexibility index (Phi) is 5.60. The minimum Gasteiger partial charge on any atom is -0.352 e. The molecule has 22 heavy (non-hydrogen) atoms. The quantitative estimate of drug-likeness (QED) is 0.681. The van der Waals surface area contributed by atoms with Crippen LogP contribution in [-0.2, 0) is 20.1 Å². The molecule has 6 heteroatoms. The molecule has 0 spiro atoms. The lowest BCUT2D eigenvalue weighted by molar-refractivity contribution is 0.473. The van der Waals surface area contributed by atoms with E-state index < -0.39 is 0 Å². The van der Waals surface area contributed by atoms with E-state index in [4.69, 9.17) is 0 Å². The van der Waals surface area contributed by atoms with Crippen molar-refractivity contribution in [3.8, 4) is 0 Å². The molecule has 5 nitrogen and oxygen atoms in total. The fraction of sp³-hybridized carbons (Fsp3) is 0.500. The molecule has 0 saturated heterocycles. The van der Waals surface area contributed by atoms with Gasteiger partial charge in [-0.3, -0.25) is 9.67 Å². The van der Waals surface area contributed by atoms with Crippen molar-refractivity contribution < 1.29 is 0 Å². The molecule has 0 atom stereocenters. The van der Waals surface area contributed by atoms with Crippen molar-refractivity contribution in [2.75, 3.05) is 14.1 Å².